The molecule has 1 aromatic rings. The van der Waals surface area contributed by atoms with E-state index in [0.717, 1.165) is 5.56 Å². The summed E-state index contributed by atoms with van der Waals surface area (Å²) < 4.78 is 0. The second-order valence-corrected chi connectivity index (χ2v) is 2.82. The minimum atomic E-state index is -0.750. The van der Waals surface area contributed by atoms with Gasteiger partial charge in [-0.1, -0.05) is 30.3 Å². The summed E-state index contributed by atoms with van der Waals surface area (Å²) in [5.41, 5.74) is 2.31. The minimum absolute atomic E-state index is 0.198. The summed E-state index contributed by atoms with van der Waals surface area (Å²) in [7, 11) is -0.750. The Bertz CT molecular complexity index is 347. The van der Waals surface area contributed by atoms with Crippen LogP contribution in [0.1, 0.15) is 11.1 Å². The van der Waals surface area contributed by atoms with Gasteiger partial charge in [-0.05, 0) is 17.2 Å². The normalized spacial score (nSPS) is 12.6. The van der Waals surface area contributed by atoms with Gasteiger partial charge in [0.2, 0.25) is 0 Å². The summed E-state index contributed by atoms with van der Waals surface area (Å²) in [6.45, 7) is 0. The Hall–Kier alpha value is -1.39. The predicted octanol–water partition coefficient (Wildman–Crippen LogP) is 0.0625. The van der Waals surface area contributed by atoms with Crippen LogP contribution in [0, 0.1) is 0 Å². The monoisotopic (exact) mass is 190 g/mol. The van der Waals surface area contributed by atoms with Crippen molar-refractivity contribution in [1.29, 1.82) is 0 Å². The highest BCUT2D eigenvalue weighted by Crippen LogP contribution is 2.15. The molecule has 0 spiro atoms. The fraction of sp³-hybridized carbons (Fsp3) is 0.100. The van der Waals surface area contributed by atoms with E-state index in [1.165, 1.54) is 5.56 Å². The molecule has 0 amide bonds. The van der Waals surface area contributed by atoms with Crippen LogP contribution in [-0.2, 0) is 11.2 Å². The minimum Gasteiger partial charge on any atom is -0.430 e. The number of hydrogen-bond donors (Lipinski definition) is 2. The molecule has 0 unspecified atom stereocenters. The van der Waals surface area contributed by atoms with Gasteiger partial charge in [-0.15, -0.1) is 0 Å². The quantitative estimate of drug-likeness (QED) is 0.568. The zero-order valence-corrected chi connectivity index (χ0v) is 7.68. The van der Waals surface area contributed by atoms with Gasteiger partial charge in [-0.2, -0.15) is 0 Å². The maximum Gasteiger partial charge on any atom is 0.432 e. The molecule has 0 saturated heterocycles. The molecule has 72 valence electrons. The van der Waals surface area contributed by atoms with Gasteiger partial charge in [-0.25, -0.2) is 0 Å². The van der Waals surface area contributed by atoms with Crippen LogP contribution in [0.4, 0.5) is 0 Å². The molecular formula is C10H11BO3. The zero-order valence-electron chi connectivity index (χ0n) is 7.68. The molecule has 0 atom stereocenters. The highest BCUT2D eigenvalue weighted by Gasteiger charge is 2.07. The van der Waals surface area contributed by atoms with Gasteiger partial charge < -0.3 is 10.0 Å². The number of ketones is 1. The molecule has 0 saturated carbocycles. The maximum atomic E-state index is 10.9. The Labute approximate surface area is 83.0 Å². The van der Waals surface area contributed by atoms with Crippen LogP contribution in [0.25, 0.3) is 6.08 Å². The number of fused-ring (bicyclic) bond motifs is 1. The van der Waals surface area contributed by atoms with E-state index >= 15 is 0 Å². The first kappa shape index (κ1) is 10.7. The van der Waals surface area contributed by atoms with Gasteiger partial charge in [0.15, 0.2) is 5.78 Å². The summed E-state index contributed by atoms with van der Waals surface area (Å²) >= 11 is 0. The van der Waals surface area contributed by atoms with Crippen LogP contribution in [0.2, 0.25) is 0 Å². The van der Waals surface area contributed by atoms with Gasteiger partial charge in [0.1, 0.15) is 0 Å². The van der Waals surface area contributed by atoms with Crippen molar-refractivity contribution < 1.29 is 14.8 Å². The van der Waals surface area contributed by atoms with Gasteiger partial charge in [0.05, 0.1) is 0 Å². The lowest BCUT2D eigenvalue weighted by atomic mass is 9.97. The molecule has 1 aliphatic rings. The molecule has 0 bridgehead atoms. The van der Waals surface area contributed by atoms with Crippen LogP contribution < -0.4 is 0 Å². The standard InChI is InChI=1S/C10H8O.BH3O2/c11-10-6-5-8-3-1-2-4-9(8)7-10;2-1-3/h1-6H,7H2;1-3H. The highest BCUT2D eigenvalue weighted by molar-refractivity contribution is 6.13. The van der Waals surface area contributed by atoms with Crippen LogP contribution in [0.3, 0.4) is 0 Å². The molecule has 0 aromatic heterocycles. The molecule has 2 rings (SSSR count). The lowest BCUT2D eigenvalue weighted by Gasteiger charge is -2.07. The molecule has 0 heterocycles. The average molecular weight is 190 g/mol. The third-order valence-electron chi connectivity index (χ3n) is 1.87. The average Bonchev–Trinajstić information content (AvgIpc) is 2.19. The summed E-state index contributed by atoms with van der Waals surface area (Å²) in [6.07, 6.45) is 4.08. The SMILES string of the molecule is O=C1C=Cc2ccccc2C1.OBO. The van der Waals surface area contributed by atoms with E-state index in [0.29, 0.717) is 6.42 Å². The van der Waals surface area contributed by atoms with Crippen molar-refractivity contribution in [2.45, 2.75) is 6.42 Å². The van der Waals surface area contributed by atoms with E-state index in [9.17, 15) is 4.79 Å². The van der Waals surface area contributed by atoms with Crippen molar-refractivity contribution >= 4 is 19.5 Å². The molecule has 2 N–H and O–H groups in total. The van der Waals surface area contributed by atoms with E-state index in [-0.39, 0.29) is 5.78 Å². The summed E-state index contributed by atoms with van der Waals surface area (Å²) in [5.74, 6) is 0.198. The second-order valence-electron chi connectivity index (χ2n) is 2.82. The van der Waals surface area contributed by atoms with Crippen LogP contribution in [-0.4, -0.2) is 23.5 Å². The number of carbonyl (C=O) groups excluding carboxylic acids is 1. The number of rotatable bonds is 0. The van der Waals surface area contributed by atoms with E-state index in [4.69, 9.17) is 10.0 Å². The topological polar surface area (TPSA) is 57.5 Å². The number of hydrogen-bond acceptors (Lipinski definition) is 3. The maximum absolute atomic E-state index is 10.9. The first-order chi connectivity index (χ1) is 6.77. The Morgan fingerprint density at radius 1 is 1.14 bits per heavy atom. The Balaban J connectivity index is 0.000000293. The van der Waals surface area contributed by atoms with Gasteiger partial charge in [0, 0.05) is 6.42 Å². The Kier molecular flexibility index (Phi) is 4.10. The summed E-state index contributed by atoms with van der Waals surface area (Å²) in [5, 5.41) is 14.2. The number of allylic oxidation sites excluding steroid dienone is 1. The summed E-state index contributed by atoms with van der Waals surface area (Å²) in [6, 6.07) is 7.97. The smallest absolute Gasteiger partial charge is 0.430 e. The molecular weight excluding hydrogens is 179 g/mol. The molecule has 3 nitrogen and oxygen atoms in total. The molecule has 1 aliphatic carbocycles. The van der Waals surface area contributed by atoms with E-state index in [2.05, 4.69) is 0 Å². The fourth-order valence-corrected chi connectivity index (χ4v) is 1.29. The Morgan fingerprint density at radius 3 is 2.50 bits per heavy atom. The van der Waals surface area contributed by atoms with Crippen LogP contribution in [0.15, 0.2) is 30.3 Å². The molecule has 0 radical (unpaired) electrons. The molecule has 0 aliphatic heterocycles. The number of carbonyl (C=O) groups is 1. The van der Waals surface area contributed by atoms with E-state index in [1.54, 1.807) is 6.08 Å². The van der Waals surface area contributed by atoms with E-state index in [1.807, 2.05) is 30.3 Å². The molecule has 0 fully saturated rings. The van der Waals surface area contributed by atoms with Crippen molar-refractivity contribution in [2.75, 3.05) is 0 Å². The molecule has 4 heteroatoms. The van der Waals surface area contributed by atoms with Crippen molar-refractivity contribution in [3.05, 3.63) is 41.5 Å². The largest absolute Gasteiger partial charge is 0.432 e. The van der Waals surface area contributed by atoms with Gasteiger partial charge in [-0.3, -0.25) is 4.79 Å². The summed E-state index contributed by atoms with van der Waals surface area (Å²) in [4.78, 5) is 10.9. The van der Waals surface area contributed by atoms with Crippen molar-refractivity contribution in [3.8, 4) is 0 Å². The van der Waals surface area contributed by atoms with Crippen LogP contribution in [0.5, 0.6) is 0 Å². The fourth-order valence-electron chi connectivity index (χ4n) is 1.29. The lowest BCUT2D eigenvalue weighted by Crippen LogP contribution is -2.04. The van der Waals surface area contributed by atoms with Gasteiger partial charge >= 0.3 is 7.69 Å². The third kappa shape index (κ3) is 2.83. The van der Waals surface area contributed by atoms with Crippen LogP contribution >= 0.6 is 0 Å². The third-order valence-corrected chi connectivity index (χ3v) is 1.87. The predicted molar refractivity (Wildman–Crippen MR) is 55.8 cm³/mol. The second kappa shape index (κ2) is 5.37. The first-order valence-corrected chi connectivity index (χ1v) is 4.28. The molecule has 1 aromatic carbocycles. The first-order valence-electron chi connectivity index (χ1n) is 4.28. The van der Waals surface area contributed by atoms with E-state index < -0.39 is 7.69 Å². The lowest BCUT2D eigenvalue weighted by molar-refractivity contribution is -0.114. The number of benzene rings is 1. The molecule has 14 heavy (non-hydrogen) atoms. The van der Waals surface area contributed by atoms with Crippen molar-refractivity contribution in [3.63, 3.8) is 0 Å². The zero-order chi connectivity index (χ0) is 10.4. The van der Waals surface area contributed by atoms with Crippen molar-refractivity contribution in [2.24, 2.45) is 0 Å². The van der Waals surface area contributed by atoms with Crippen molar-refractivity contribution in [1.82, 2.24) is 0 Å². The Morgan fingerprint density at radius 2 is 1.79 bits per heavy atom. The highest BCUT2D eigenvalue weighted by atomic mass is 16.4. The van der Waals surface area contributed by atoms with Gasteiger partial charge in [0.25, 0.3) is 0 Å².